The topological polar surface area (TPSA) is 51.8 Å². The number of hydrogen-bond acceptors (Lipinski definition) is 4. The van der Waals surface area contributed by atoms with E-state index in [4.69, 9.17) is 4.74 Å². The highest BCUT2D eigenvalue weighted by Gasteiger charge is 2.40. The molecule has 1 aromatic heterocycles. The monoisotopic (exact) mass is 538 g/mol. The van der Waals surface area contributed by atoms with Gasteiger partial charge in [-0.15, -0.1) is 0 Å². The van der Waals surface area contributed by atoms with Gasteiger partial charge in [-0.05, 0) is 30.9 Å². The summed E-state index contributed by atoms with van der Waals surface area (Å²) in [6.07, 6.45) is 1.89. The molecule has 2 aliphatic heterocycles. The van der Waals surface area contributed by atoms with E-state index in [9.17, 15) is 4.79 Å². The largest absolute Gasteiger partial charge is 0.492 e. The van der Waals surface area contributed by atoms with Crippen molar-refractivity contribution in [3.63, 3.8) is 0 Å². The van der Waals surface area contributed by atoms with Gasteiger partial charge >= 0.3 is 0 Å². The van der Waals surface area contributed by atoms with Crippen LogP contribution >= 0.6 is 0 Å². The number of nitrogens with one attached hydrogen (secondary N) is 1. The van der Waals surface area contributed by atoms with E-state index in [0.29, 0.717) is 13.2 Å². The molecule has 0 aliphatic carbocycles. The Morgan fingerprint density at radius 1 is 1.18 bits per heavy atom. The summed E-state index contributed by atoms with van der Waals surface area (Å²) in [4.78, 5) is 22.2. The number of fused-ring (bicyclic) bond motifs is 3. The van der Waals surface area contributed by atoms with Crippen LogP contribution in [0, 0.1) is 23.5 Å². The third-order valence-corrected chi connectivity index (χ3v) is 8.48. The molecule has 1 fully saturated rings. The van der Waals surface area contributed by atoms with Crippen molar-refractivity contribution in [2.45, 2.75) is 45.7 Å². The normalized spacial score (nSPS) is 21.0. The van der Waals surface area contributed by atoms with Gasteiger partial charge in [0.15, 0.2) is 0 Å². The number of rotatable bonds is 9. The first-order valence-electron chi connectivity index (χ1n) is 14.1. The Balaban J connectivity index is 1.47. The van der Waals surface area contributed by atoms with Crippen molar-refractivity contribution in [2.75, 3.05) is 46.9 Å². The summed E-state index contributed by atoms with van der Waals surface area (Å²) in [7, 11) is 3.46. The van der Waals surface area contributed by atoms with Gasteiger partial charge in [0.25, 0.3) is 0 Å². The standard InChI is InChI=1S/C31H40F2N4O2/c1-6-21-17-36(18-21)11-12-39-22-14-25(32)28(26(33)15-22)30-29-24(23-9-7-8-10-27(23)34-29)13-20(3)37(30)16-19(2)31(38)35(4)5/h7-10,14-15,19-21,30,34H,6,11-13,16-18H2,1-5H3/t19-,20-,30-/m1/s1. The van der Waals surface area contributed by atoms with Crippen LogP contribution in [0.1, 0.15) is 50.1 Å². The van der Waals surface area contributed by atoms with Crippen molar-refractivity contribution in [3.05, 3.63) is 64.9 Å². The number of amides is 1. The number of carbonyl (C=O) groups excluding carboxylic acids is 1. The Morgan fingerprint density at radius 2 is 1.87 bits per heavy atom. The molecule has 1 N–H and O–H groups in total. The Morgan fingerprint density at radius 3 is 2.54 bits per heavy atom. The van der Waals surface area contributed by atoms with Crippen molar-refractivity contribution in [3.8, 4) is 5.75 Å². The van der Waals surface area contributed by atoms with E-state index in [1.807, 2.05) is 31.2 Å². The molecule has 0 spiro atoms. The van der Waals surface area contributed by atoms with E-state index in [0.717, 1.165) is 54.1 Å². The minimum atomic E-state index is -0.699. The Hall–Kier alpha value is -2.97. The molecule has 2 aliphatic rings. The van der Waals surface area contributed by atoms with Gasteiger partial charge in [-0.3, -0.25) is 14.6 Å². The van der Waals surface area contributed by atoms with Crippen LogP contribution < -0.4 is 4.74 Å². The highest BCUT2D eigenvalue weighted by molar-refractivity contribution is 5.85. The molecule has 39 heavy (non-hydrogen) atoms. The molecule has 3 aromatic rings. The first-order chi connectivity index (χ1) is 18.7. The van der Waals surface area contributed by atoms with Gasteiger partial charge in [-0.1, -0.05) is 38.5 Å². The lowest BCUT2D eigenvalue weighted by atomic mass is 9.87. The van der Waals surface area contributed by atoms with E-state index in [1.165, 1.54) is 18.6 Å². The number of nitrogens with zero attached hydrogens (tertiary/aromatic N) is 3. The number of aromatic amines is 1. The number of likely N-dealkylation sites (tertiary alicyclic amines) is 1. The number of ether oxygens (including phenoxy) is 1. The van der Waals surface area contributed by atoms with E-state index in [2.05, 4.69) is 28.6 Å². The highest BCUT2D eigenvalue weighted by Crippen LogP contribution is 2.43. The summed E-state index contributed by atoms with van der Waals surface area (Å²) in [6.45, 7) is 9.75. The maximum atomic E-state index is 15.9. The zero-order chi connectivity index (χ0) is 27.8. The second-order valence-electron chi connectivity index (χ2n) is 11.5. The highest BCUT2D eigenvalue weighted by atomic mass is 19.1. The Labute approximate surface area is 229 Å². The molecule has 3 atom stereocenters. The second kappa shape index (κ2) is 11.3. The van der Waals surface area contributed by atoms with Gasteiger partial charge in [0, 0.05) is 86.5 Å². The van der Waals surface area contributed by atoms with E-state index in [-0.39, 0.29) is 29.2 Å². The smallest absolute Gasteiger partial charge is 0.226 e. The fraction of sp³-hybridized carbons (Fsp3) is 0.516. The molecule has 0 unspecified atom stereocenters. The van der Waals surface area contributed by atoms with Gasteiger partial charge in [-0.2, -0.15) is 0 Å². The fourth-order valence-corrected chi connectivity index (χ4v) is 6.25. The molecular weight excluding hydrogens is 498 g/mol. The van der Waals surface area contributed by atoms with Crippen molar-refractivity contribution in [2.24, 2.45) is 11.8 Å². The van der Waals surface area contributed by atoms with Gasteiger partial charge in [-0.25, -0.2) is 8.78 Å². The predicted molar refractivity (Wildman–Crippen MR) is 150 cm³/mol. The number of H-pyrrole nitrogens is 1. The van der Waals surface area contributed by atoms with Crippen LogP contribution in [-0.4, -0.2) is 78.5 Å². The molecule has 3 heterocycles. The molecule has 0 bridgehead atoms. The molecule has 1 amide bonds. The Kier molecular flexibility index (Phi) is 7.96. The minimum absolute atomic E-state index is 0.0134. The lowest BCUT2D eigenvalue weighted by Gasteiger charge is -2.42. The Bertz CT molecular complexity index is 1310. The first kappa shape index (κ1) is 27.6. The van der Waals surface area contributed by atoms with Crippen LogP contribution in [0.25, 0.3) is 10.9 Å². The summed E-state index contributed by atoms with van der Waals surface area (Å²) in [6, 6.07) is 9.85. The molecule has 0 radical (unpaired) electrons. The molecular formula is C31H40F2N4O2. The number of hydrogen-bond donors (Lipinski definition) is 1. The van der Waals surface area contributed by atoms with Crippen LogP contribution in [0.3, 0.4) is 0 Å². The summed E-state index contributed by atoms with van der Waals surface area (Å²) >= 11 is 0. The third-order valence-electron chi connectivity index (χ3n) is 8.48. The van der Waals surface area contributed by atoms with Crippen molar-refractivity contribution in [1.29, 1.82) is 0 Å². The van der Waals surface area contributed by atoms with Gasteiger partial charge < -0.3 is 14.6 Å². The van der Waals surface area contributed by atoms with Crippen LogP contribution in [0.2, 0.25) is 0 Å². The zero-order valence-electron chi connectivity index (χ0n) is 23.6. The summed E-state index contributed by atoms with van der Waals surface area (Å²) < 4.78 is 37.5. The number of carbonyl (C=O) groups is 1. The summed E-state index contributed by atoms with van der Waals surface area (Å²) in [5, 5.41) is 1.07. The molecule has 1 saturated heterocycles. The fourth-order valence-electron chi connectivity index (χ4n) is 6.25. The van der Waals surface area contributed by atoms with Crippen molar-refractivity contribution < 1.29 is 18.3 Å². The molecule has 6 nitrogen and oxygen atoms in total. The molecule has 5 rings (SSSR count). The molecule has 0 saturated carbocycles. The van der Waals surface area contributed by atoms with E-state index < -0.39 is 17.7 Å². The van der Waals surface area contributed by atoms with Crippen LogP contribution in [0.15, 0.2) is 36.4 Å². The van der Waals surface area contributed by atoms with E-state index >= 15 is 8.78 Å². The summed E-state index contributed by atoms with van der Waals surface area (Å²) in [5.41, 5.74) is 2.79. The number of para-hydroxylation sites is 1. The lowest BCUT2D eigenvalue weighted by Crippen LogP contribution is -2.47. The number of aromatic nitrogens is 1. The second-order valence-corrected chi connectivity index (χ2v) is 11.5. The first-order valence-corrected chi connectivity index (χ1v) is 14.1. The van der Waals surface area contributed by atoms with Crippen molar-refractivity contribution >= 4 is 16.8 Å². The predicted octanol–water partition coefficient (Wildman–Crippen LogP) is 5.23. The van der Waals surface area contributed by atoms with Crippen LogP contribution in [-0.2, 0) is 11.2 Å². The third kappa shape index (κ3) is 5.41. The molecule has 2 aromatic carbocycles. The SMILES string of the molecule is CCC1CN(CCOc2cc(F)c([C@@H]3c4[nH]c5ccccc5c4C[C@@H](C)N3C[C@@H](C)C(=O)N(C)C)c(F)c2)C1. The van der Waals surface area contributed by atoms with Gasteiger partial charge in [0.1, 0.15) is 24.0 Å². The van der Waals surface area contributed by atoms with Gasteiger partial charge in [0.2, 0.25) is 5.91 Å². The average Bonchev–Trinajstić information content (AvgIpc) is 3.24. The van der Waals surface area contributed by atoms with Crippen molar-refractivity contribution in [1.82, 2.24) is 19.7 Å². The maximum absolute atomic E-state index is 15.9. The summed E-state index contributed by atoms with van der Waals surface area (Å²) in [5.74, 6) is -0.686. The number of halogens is 2. The van der Waals surface area contributed by atoms with Crippen LogP contribution in [0.5, 0.6) is 5.75 Å². The maximum Gasteiger partial charge on any atom is 0.226 e. The van der Waals surface area contributed by atoms with E-state index in [1.54, 1.807) is 19.0 Å². The minimum Gasteiger partial charge on any atom is -0.492 e. The van der Waals surface area contributed by atoms with Gasteiger partial charge in [0.05, 0.1) is 6.04 Å². The quantitative estimate of drug-likeness (QED) is 0.406. The van der Waals surface area contributed by atoms with Crippen LogP contribution in [0.4, 0.5) is 8.78 Å². The lowest BCUT2D eigenvalue weighted by molar-refractivity contribution is -0.133. The molecule has 8 heteroatoms. The molecule has 210 valence electrons. The average molecular weight is 539 g/mol. The number of benzene rings is 2. The zero-order valence-corrected chi connectivity index (χ0v) is 23.6.